The standard InChI is InChI=1S/C56H96O6/c1-4-7-10-13-16-18-20-22-24-26-28-30-32-34-36-38-40-43-46-49-55(58)61-52-53(51-60-54(57)48-45-42-15-12-9-6-3)62-56(59)50-47-44-41-39-37-35-33-31-29-27-25-23-21-19-17-14-11-8-5-2/h16-19,22-25,28-31,53H,4-15,20-21,26-27,32-52H2,1-3H3/b18-16-,19-17-,24-22-,25-23-,30-28-,31-29-. The highest BCUT2D eigenvalue weighted by molar-refractivity contribution is 5.71. The van der Waals surface area contributed by atoms with Crippen molar-refractivity contribution in [1.29, 1.82) is 0 Å². The minimum absolute atomic E-state index is 0.0856. The molecule has 356 valence electrons. The average Bonchev–Trinajstić information content (AvgIpc) is 3.27. The summed E-state index contributed by atoms with van der Waals surface area (Å²) in [5, 5.41) is 0. The van der Waals surface area contributed by atoms with Gasteiger partial charge in [-0.15, -0.1) is 0 Å². The molecule has 0 aliphatic carbocycles. The second-order valence-corrected chi connectivity index (χ2v) is 17.1. The van der Waals surface area contributed by atoms with Crippen molar-refractivity contribution < 1.29 is 28.6 Å². The van der Waals surface area contributed by atoms with Gasteiger partial charge in [0.15, 0.2) is 6.10 Å². The Bertz CT molecular complexity index is 1180. The molecule has 0 heterocycles. The lowest BCUT2D eigenvalue weighted by Crippen LogP contribution is -2.30. The van der Waals surface area contributed by atoms with Crippen LogP contribution in [-0.2, 0) is 28.6 Å². The van der Waals surface area contributed by atoms with E-state index >= 15 is 0 Å². The summed E-state index contributed by atoms with van der Waals surface area (Å²) < 4.78 is 16.7. The van der Waals surface area contributed by atoms with Crippen molar-refractivity contribution >= 4 is 17.9 Å². The van der Waals surface area contributed by atoms with Crippen LogP contribution in [0.4, 0.5) is 0 Å². The second kappa shape index (κ2) is 50.5. The Hall–Kier alpha value is -3.15. The molecule has 62 heavy (non-hydrogen) atoms. The van der Waals surface area contributed by atoms with E-state index in [1.54, 1.807) is 0 Å². The maximum absolute atomic E-state index is 12.8. The van der Waals surface area contributed by atoms with Crippen LogP contribution in [-0.4, -0.2) is 37.2 Å². The lowest BCUT2D eigenvalue weighted by molar-refractivity contribution is -0.167. The highest BCUT2D eigenvalue weighted by atomic mass is 16.6. The van der Waals surface area contributed by atoms with Gasteiger partial charge in [-0.05, 0) is 96.3 Å². The van der Waals surface area contributed by atoms with E-state index in [9.17, 15) is 14.4 Å². The SMILES string of the molecule is CCCCC/C=C\C/C=C\C/C=C\CCCCCCCCC(=O)OCC(COC(=O)CCCCCCCC)OC(=O)CCCCCCCC/C=C\C/C=C\C/C=C\CCCCC. The smallest absolute Gasteiger partial charge is 0.306 e. The van der Waals surface area contributed by atoms with Crippen molar-refractivity contribution in [1.82, 2.24) is 0 Å². The van der Waals surface area contributed by atoms with Crippen molar-refractivity contribution in [2.24, 2.45) is 0 Å². The van der Waals surface area contributed by atoms with Gasteiger partial charge >= 0.3 is 17.9 Å². The van der Waals surface area contributed by atoms with Gasteiger partial charge in [-0.1, -0.05) is 203 Å². The second-order valence-electron chi connectivity index (χ2n) is 17.1. The van der Waals surface area contributed by atoms with E-state index in [0.717, 1.165) is 103 Å². The van der Waals surface area contributed by atoms with Crippen LogP contribution < -0.4 is 0 Å². The van der Waals surface area contributed by atoms with Crippen LogP contribution >= 0.6 is 0 Å². The zero-order chi connectivity index (χ0) is 45.1. The monoisotopic (exact) mass is 865 g/mol. The molecule has 0 amide bonds. The first-order valence-electron chi connectivity index (χ1n) is 25.9. The average molecular weight is 865 g/mol. The van der Waals surface area contributed by atoms with Crippen molar-refractivity contribution in [2.75, 3.05) is 13.2 Å². The number of hydrogen-bond donors (Lipinski definition) is 0. The molecular formula is C56H96O6. The van der Waals surface area contributed by atoms with E-state index in [-0.39, 0.29) is 31.1 Å². The topological polar surface area (TPSA) is 78.9 Å². The van der Waals surface area contributed by atoms with Crippen LogP contribution in [0.1, 0.15) is 245 Å². The number of hydrogen-bond acceptors (Lipinski definition) is 6. The molecule has 0 spiro atoms. The number of allylic oxidation sites excluding steroid dienone is 12. The van der Waals surface area contributed by atoms with Crippen LogP contribution in [0.5, 0.6) is 0 Å². The minimum atomic E-state index is -0.784. The minimum Gasteiger partial charge on any atom is -0.462 e. The summed E-state index contributed by atoms with van der Waals surface area (Å²) >= 11 is 0. The van der Waals surface area contributed by atoms with Crippen LogP contribution in [0.2, 0.25) is 0 Å². The third-order valence-electron chi connectivity index (χ3n) is 10.9. The summed E-state index contributed by atoms with van der Waals surface area (Å²) in [6.45, 7) is 6.50. The van der Waals surface area contributed by atoms with E-state index in [2.05, 4.69) is 93.7 Å². The molecule has 0 bridgehead atoms. The zero-order valence-electron chi connectivity index (χ0n) is 40.6. The largest absolute Gasteiger partial charge is 0.462 e. The molecule has 0 aromatic rings. The fourth-order valence-corrected chi connectivity index (χ4v) is 6.98. The maximum atomic E-state index is 12.8. The Morgan fingerprint density at radius 3 is 0.935 bits per heavy atom. The number of rotatable bonds is 46. The Kier molecular flexibility index (Phi) is 47.9. The fraction of sp³-hybridized carbons (Fsp3) is 0.732. The van der Waals surface area contributed by atoms with Crippen LogP contribution in [0.3, 0.4) is 0 Å². The van der Waals surface area contributed by atoms with E-state index < -0.39 is 6.10 Å². The molecule has 6 nitrogen and oxygen atoms in total. The number of ether oxygens (including phenoxy) is 3. The van der Waals surface area contributed by atoms with Crippen LogP contribution in [0.15, 0.2) is 72.9 Å². The predicted molar refractivity (Wildman–Crippen MR) is 265 cm³/mol. The van der Waals surface area contributed by atoms with Crippen molar-refractivity contribution in [3.8, 4) is 0 Å². The number of unbranched alkanes of at least 4 members (excludes halogenated alkanes) is 23. The van der Waals surface area contributed by atoms with Gasteiger partial charge < -0.3 is 14.2 Å². The molecule has 1 unspecified atom stereocenters. The molecule has 6 heteroatoms. The lowest BCUT2D eigenvalue weighted by atomic mass is 10.1. The van der Waals surface area contributed by atoms with Gasteiger partial charge in [-0.2, -0.15) is 0 Å². The van der Waals surface area contributed by atoms with Gasteiger partial charge in [0.1, 0.15) is 13.2 Å². The summed E-state index contributed by atoms with van der Waals surface area (Å²) in [5.74, 6) is -0.920. The number of esters is 3. The fourth-order valence-electron chi connectivity index (χ4n) is 6.98. The number of carbonyl (C=O) groups is 3. The lowest BCUT2D eigenvalue weighted by Gasteiger charge is -2.18. The predicted octanol–water partition coefficient (Wildman–Crippen LogP) is 17.0. The Morgan fingerprint density at radius 1 is 0.323 bits per heavy atom. The highest BCUT2D eigenvalue weighted by Crippen LogP contribution is 2.13. The third kappa shape index (κ3) is 47.9. The summed E-state index contributed by atoms with van der Waals surface area (Å²) in [6.07, 6.45) is 63.3. The van der Waals surface area contributed by atoms with Crippen LogP contribution in [0.25, 0.3) is 0 Å². The molecule has 1 atom stereocenters. The van der Waals surface area contributed by atoms with E-state index in [0.29, 0.717) is 19.3 Å². The molecule has 0 radical (unpaired) electrons. The molecule has 0 fully saturated rings. The normalized spacial score (nSPS) is 12.6. The van der Waals surface area contributed by atoms with Gasteiger partial charge in [-0.25, -0.2) is 0 Å². The number of carbonyl (C=O) groups excluding carboxylic acids is 3. The van der Waals surface area contributed by atoms with Gasteiger partial charge in [0.05, 0.1) is 0 Å². The van der Waals surface area contributed by atoms with Crippen molar-refractivity contribution in [2.45, 2.75) is 252 Å². The van der Waals surface area contributed by atoms with Gasteiger partial charge in [0, 0.05) is 19.3 Å². The summed E-state index contributed by atoms with van der Waals surface area (Å²) in [6, 6.07) is 0. The zero-order valence-corrected chi connectivity index (χ0v) is 40.6. The van der Waals surface area contributed by atoms with E-state index in [1.165, 1.54) is 103 Å². The quantitative estimate of drug-likeness (QED) is 0.0262. The Labute approximate surface area is 382 Å². The third-order valence-corrected chi connectivity index (χ3v) is 10.9. The van der Waals surface area contributed by atoms with Gasteiger partial charge in [-0.3, -0.25) is 14.4 Å². The van der Waals surface area contributed by atoms with E-state index in [1.807, 2.05) is 0 Å². The highest BCUT2D eigenvalue weighted by Gasteiger charge is 2.19. The Morgan fingerprint density at radius 2 is 0.581 bits per heavy atom. The summed E-state index contributed by atoms with van der Waals surface area (Å²) in [7, 11) is 0. The van der Waals surface area contributed by atoms with Crippen molar-refractivity contribution in [3.05, 3.63) is 72.9 Å². The molecule has 0 N–H and O–H groups in total. The van der Waals surface area contributed by atoms with E-state index in [4.69, 9.17) is 14.2 Å². The van der Waals surface area contributed by atoms with Gasteiger partial charge in [0.2, 0.25) is 0 Å². The molecule has 0 aliphatic rings. The molecule has 0 saturated heterocycles. The first kappa shape index (κ1) is 58.9. The molecule has 0 saturated carbocycles. The summed E-state index contributed by atoms with van der Waals surface area (Å²) in [4.78, 5) is 37.8. The molecule has 0 rings (SSSR count). The van der Waals surface area contributed by atoms with Crippen molar-refractivity contribution in [3.63, 3.8) is 0 Å². The van der Waals surface area contributed by atoms with Crippen LogP contribution in [0, 0.1) is 0 Å². The molecule has 0 aromatic heterocycles. The summed E-state index contributed by atoms with van der Waals surface area (Å²) in [5.41, 5.74) is 0. The molecular weight excluding hydrogens is 769 g/mol. The maximum Gasteiger partial charge on any atom is 0.306 e. The molecule has 0 aromatic carbocycles. The Balaban J connectivity index is 4.27. The van der Waals surface area contributed by atoms with Gasteiger partial charge in [0.25, 0.3) is 0 Å². The first-order chi connectivity index (χ1) is 30.5. The molecule has 0 aliphatic heterocycles. The first-order valence-corrected chi connectivity index (χ1v) is 25.9.